The Morgan fingerprint density at radius 1 is 1.26 bits per heavy atom. The normalized spacial score (nSPS) is 16.4. The van der Waals surface area contributed by atoms with E-state index in [1.165, 1.54) is 23.9 Å². The Hall–Kier alpha value is -1.87. The van der Waals surface area contributed by atoms with Gasteiger partial charge in [-0.25, -0.2) is 0 Å². The van der Waals surface area contributed by atoms with Gasteiger partial charge in [-0.2, -0.15) is 0 Å². The summed E-state index contributed by atoms with van der Waals surface area (Å²) in [6.45, 7) is 6.08. The molecule has 3 nitrogen and oxygen atoms in total. The Morgan fingerprint density at radius 2 is 2.11 bits per heavy atom. The third-order valence-electron chi connectivity index (χ3n) is 3.73. The maximum atomic E-state index is 4.26. The minimum Gasteiger partial charge on any atom is -0.382 e. The number of piperidine rings is 1. The van der Waals surface area contributed by atoms with Crippen molar-refractivity contribution in [1.82, 2.24) is 10.3 Å². The number of nitrogens with one attached hydrogen (secondary N) is 2. The van der Waals surface area contributed by atoms with E-state index in [0.717, 1.165) is 24.0 Å². The molecule has 1 aliphatic heterocycles. The summed E-state index contributed by atoms with van der Waals surface area (Å²) >= 11 is 0. The smallest absolute Gasteiger partial charge is 0.0429 e. The number of pyridine rings is 1. The Balaban J connectivity index is 2.00. The molecule has 0 atom stereocenters. The summed E-state index contributed by atoms with van der Waals surface area (Å²) in [6, 6.07) is 6.89. The number of hydrogen-bond donors (Lipinski definition) is 2. The summed E-state index contributed by atoms with van der Waals surface area (Å²) in [5.74, 6) is 0. The van der Waals surface area contributed by atoms with Crippen LogP contribution in [0.15, 0.2) is 37.2 Å². The summed E-state index contributed by atoms with van der Waals surface area (Å²) in [6.07, 6.45) is 8.01. The van der Waals surface area contributed by atoms with E-state index in [9.17, 15) is 0 Å². The quantitative estimate of drug-likeness (QED) is 0.882. The van der Waals surface area contributed by atoms with Crippen molar-refractivity contribution in [3.05, 3.63) is 42.7 Å². The van der Waals surface area contributed by atoms with Crippen LogP contribution in [0.3, 0.4) is 0 Å². The van der Waals surface area contributed by atoms with Gasteiger partial charge in [0.1, 0.15) is 0 Å². The van der Waals surface area contributed by atoms with Gasteiger partial charge in [0, 0.05) is 40.5 Å². The van der Waals surface area contributed by atoms with E-state index in [1.807, 2.05) is 18.5 Å². The molecule has 19 heavy (non-hydrogen) atoms. The SMILES string of the molecule is C=Cc1cncc2cccc(NC3CCNCC3)c12. The third-order valence-corrected chi connectivity index (χ3v) is 3.73. The van der Waals surface area contributed by atoms with Crippen LogP contribution in [0, 0.1) is 0 Å². The van der Waals surface area contributed by atoms with E-state index in [-0.39, 0.29) is 0 Å². The summed E-state index contributed by atoms with van der Waals surface area (Å²) in [5.41, 5.74) is 2.29. The first-order chi connectivity index (χ1) is 9.38. The second-order valence-corrected chi connectivity index (χ2v) is 5.01. The lowest BCUT2D eigenvalue weighted by Crippen LogP contribution is -2.35. The van der Waals surface area contributed by atoms with E-state index < -0.39 is 0 Å². The van der Waals surface area contributed by atoms with Crippen LogP contribution < -0.4 is 10.6 Å². The molecule has 0 bridgehead atoms. The lowest BCUT2D eigenvalue weighted by atomic mass is 10.0. The van der Waals surface area contributed by atoms with Gasteiger partial charge in [-0.05, 0) is 32.0 Å². The second-order valence-electron chi connectivity index (χ2n) is 5.01. The van der Waals surface area contributed by atoms with Crippen molar-refractivity contribution in [1.29, 1.82) is 0 Å². The maximum Gasteiger partial charge on any atom is 0.0429 e. The summed E-state index contributed by atoms with van der Waals surface area (Å²) in [7, 11) is 0. The fourth-order valence-corrected chi connectivity index (χ4v) is 2.72. The largest absolute Gasteiger partial charge is 0.382 e. The van der Waals surface area contributed by atoms with Crippen LogP contribution in [-0.2, 0) is 0 Å². The molecule has 1 aromatic carbocycles. The fraction of sp³-hybridized carbons (Fsp3) is 0.312. The number of aromatic nitrogens is 1. The highest BCUT2D eigenvalue weighted by Crippen LogP contribution is 2.28. The molecule has 3 rings (SSSR count). The molecule has 1 fully saturated rings. The molecule has 1 aliphatic rings. The monoisotopic (exact) mass is 253 g/mol. The van der Waals surface area contributed by atoms with Crippen LogP contribution in [0.5, 0.6) is 0 Å². The van der Waals surface area contributed by atoms with Crippen molar-refractivity contribution in [3.63, 3.8) is 0 Å². The van der Waals surface area contributed by atoms with Gasteiger partial charge < -0.3 is 10.6 Å². The average molecular weight is 253 g/mol. The molecule has 2 aromatic rings. The predicted molar refractivity (Wildman–Crippen MR) is 81.3 cm³/mol. The predicted octanol–water partition coefficient (Wildman–Crippen LogP) is 3.04. The number of benzene rings is 1. The van der Waals surface area contributed by atoms with Gasteiger partial charge in [-0.15, -0.1) is 0 Å². The van der Waals surface area contributed by atoms with Gasteiger partial charge in [0.25, 0.3) is 0 Å². The first-order valence-electron chi connectivity index (χ1n) is 6.85. The molecular formula is C16H19N3. The zero-order valence-corrected chi connectivity index (χ0v) is 11.0. The zero-order chi connectivity index (χ0) is 13.1. The minimum atomic E-state index is 0.553. The van der Waals surface area contributed by atoms with E-state index in [4.69, 9.17) is 0 Å². The standard InChI is InChI=1S/C16H19N3/c1-2-12-10-18-11-13-4-3-5-15(16(12)13)19-14-6-8-17-9-7-14/h2-5,10-11,14,17,19H,1,6-9H2. The molecule has 2 N–H and O–H groups in total. The Bertz CT molecular complexity index is 580. The van der Waals surface area contributed by atoms with Gasteiger partial charge in [0.15, 0.2) is 0 Å². The molecular weight excluding hydrogens is 234 g/mol. The third kappa shape index (κ3) is 2.47. The Morgan fingerprint density at radius 3 is 2.89 bits per heavy atom. The summed E-state index contributed by atoms with van der Waals surface area (Å²) < 4.78 is 0. The van der Waals surface area contributed by atoms with E-state index in [0.29, 0.717) is 6.04 Å². The van der Waals surface area contributed by atoms with Crippen LogP contribution >= 0.6 is 0 Å². The van der Waals surface area contributed by atoms with Gasteiger partial charge in [-0.1, -0.05) is 24.8 Å². The molecule has 0 spiro atoms. The van der Waals surface area contributed by atoms with Crippen molar-refractivity contribution in [2.45, 2.75) is 18.9 Å². The molecule has 1 saturated heterocycles. The fourth-order valence-electron chi connectivity index (χ4n) is 2.72. The van der Waals surface area contributed by atoms with E-state index in [1.54, 1.807) is 0 Å². The van der Waals surface area contributed by atoms with Crippen LogP contribution in [-0.4, -0.2) is 24.1 Å². The topological polar surface area (TPSA) is 37.0 Å². The molecule has 0 radical (unpaired) electrons. The minimum absolute atomic E-state index is 0.553. The average Bonchev–Trinajstić information content (AvgIpc) is 2.48. The highest BCUT2D eigenvalue weighted by Gasteiger charge is 2.14. The highest BCUT2D eigenvalue weighted by molar-refractivity contribution is 5.99. The van der Waals surface area contributed by atoms with Crippen LogP contribution in [0.2, 0.25) is 0 Å². The first-order valence-corrected chi connectivity index (χ1v) is 6.85. The van der Waals surface area contributed by atoms with Gasteiger partial charge in [0.2, 0.25) is 0 Å². The lowest BCUT2D eigenvalue weighted by molar-refractivity contribution is 0.479. The van der Waals surface area contributed by atoms with E-state index >= 15 is 0 Å². The van der Waals surface area contributed by atoms with Crippen LogP contribution in [0.25, 0.3) is 16.8 Å². The zero-order valence-electron chi connectivity index (χ0n) is 11.0. The number of nitrogens with zero attached hydrogens (tertiary/aromatic N) is 1. The van der Waals surface area contributed by atoms with Crippen molar-refractivity contribution in [3.8, 4) is 0 Å². The number of hydrogen-bond acceptors (Lipinski definition) is 3. The van der Waals surface area contributed by atoms with Crippen molar-refractivity contribution in [2.24, 2.45) is 0 Å². The van der Waals surface area contributed by atoms with Gasteiger partial charge in [-0.3, -0.25) is 4.98 Å². The van der Waals surface area contributed by atoms with Gasteiger partial charge in [0.05, 0.1) is 0 Å². The highest BCUT2D eigenvalue weighted by atomic mass is 15.0. The van der Waals surface area contributed by atoms with Crippen molar-refractivity contribution >= 4 is 22.5 Å². The maximum absolute atomic E-state index is 4.26. The number of rotatable bonds is 3. The van der Waals surface area contributed by atoms with Crippen molar-refractivity contribution < 1.29 is 0 Å². The van der Waals surface area contributed by atoms with E-state index in [2.05, 4.69) is 40.4 Å². The lowest BCUT2D eigenvalue weighted by Gasteiger charge is -2.25. The number of anilines is 1. The molecule has 98 valence electrons. The number of fused-ring (bicyclic) bond motifs is 1. The Kier molecular flexibility index (Phi) is 3.47. The summed E-state index contributed by atoms with van der Waals surface area (Å²) in [4.78, 5) is 4.26. The van der Waals surface area contributed by atoms with Gasteiger partial charge >= 0.3 is 0 Å². The summed E-state index contributed by atoms with van der Waals surface area (Å²) in [5, 5.41) is 9.47. The second kappa shape index (κ2) is 5.41. The molecule has 0 saturated carbocycles. The molecule has 1 aromatic heterocycles. The Labute approximate surface area is 113 Å². The van der Waals surface area contributed by atoms with Crippen LogP contribution in [0.4, 0.5) is 5.69 Å². The van der Waals surface area contributed by atoms with Crippen molar-refractivity contribution in [2.75, 3.05) is 18.4 Å². The molecule has 0 amide bonds. The molecule has 3 heteroatoms. The molecule has 0 unspecified atom stereocenters. The first kappa shape index (κ1) is 12.2. The molecule has 2 heterocycles. The molecule has 0 aliphatic carbocycles. The van der Waals surface area contributed by atoms with Crippen LogP contribution in [0.1, 0.15) is 18.4 Å².